The van der Waals surface area contributed by atoms with Crippen LogP contribution in [0, 0.1) is 23.5 Å². The average molecular weight is 802 g/mol. The van der Waals surface area contributed by atoms with E-state index < -0.39 is 84.3 Å². The smallest absolute Gasteiger partial charge is 0.290 e. The number of aromatic nitrogens is 5. The predicted octanol–water partition coefficient (Wildman–Crippen LogP) is 6.45. The van der Waals surface area contributed by atoms with Crippen LogP contribution in [0.5, 0.6) is 0 Å². The summed E-state index contributed by atoms with van der Waals surface area (Å²) in [5, 5.41) is 33.3. The van der Waals surface area contributed by atoms with Crippen molar-refractivity contribution in [2.24, 2.45) is 7.05 Å². The number of fused-ring (bicyclic) bond motifs is 2. The molecule has 2 atom stereocenters. The van der Waals surface area contributed by atoms with Crippen LogP contribution in [-0.4, -0.2) is 58.8 Å². The van der Waals surface area contributed by atoms with Crippen molar-refractivity contribution in [1.29, 1.82) is 0 Å². The Hall–Kier alpha value is -5.44. The van der Waals surface area contributed by atoms with E-state index in [1.165, 1.54) is 37.6 Å². The molecule has 11 nitrogen and oxygen atoms in total. The standard InChI is InChI=1S/C38H34ClF6N7O4/c1-18-15-38(44,45)34-29(18)32(35(42)43)49-52(34)16-27(54)47-26(13-19-11-20(40)14-21(41)12-19)31-23(6-5-22(46-31)9-10-37(2,3)56)24-7-8-25(39)30-33(24)51(4)50-36(30)48-28(55)17-53/h5-8,11-12,14,18,26,35,53,56H,13,15-17H2,1-4H3,(H,47,54)(H,48,50,55)/t18-,26-/m0/s1. The van der Waals surface area contributed by atoms with E-state index in [1.54, 1.807) is 19.2 Å². The molecule has 4 N–H and O–H groups in total. The summed E-state index contributed by atoms with van der Waals surface area (Å²) in [4.78, 5) is 30.7. The third-order valence-corrected chi connectivity index (χ3v) is 9.31. The predicted molar refractivity (Wildman–Crippen MR) is 193 cm³/mol. The molecule has 56 heavy (non-hydrogen) atoms. The number of benzene rings is 2. The van der Waals surface area contributed by atoms with E-state index in [-0.39, 0.29) is 50.7 Å². The van der Waals surface area contributed by atoms with Gasteiger partial charge in [0.2, 0.25) is 5.91 Å². The number of halogens is 7. The Labute approximate surface area is 320 Å². The summed E-state index contributed by atoms with van der Waals surface area (Å²) in [6.45, 7) is 2.46. The van der Waals surface area contributed by atoms with Crippen LogP contribution in [-0.2, 0) is 35.5 Å². The lowest BCUT2D eigenvalue weighted by molar-refractivity contribution is -0.123. The molecule has 3 aromatic heterocycles. The van der Waals surface area contributed by atoms with Crippen LogP contribution in [0.1, 0.15) is 79.5 Å². The maximum atomic E-state index is 15.2. The lowest BCUT2D eigenvalue weighted by Gasteiger charge is -2.23. The van der Waals surface area contributed by atoms with Crippen molar-refractivity contribution < 1.29 is 46.1 Å². The number of hydrogen-bond acceptors (Lipinski definition) is 7. The summed E-state index contributed by atoms with van der Waals surface area (Å²) in [6.07, 6.45) is -4.29. The van der Waals surface area contributed by atoms with Crippen LogP contribution in [0.3, 0.4) is 0 Å². The molecule has 5 aromatic rings. The highest BCUT2D eigenvalue weighted by atomic mass is 35.5. The second kappa shape index (κ2) is 15.2. The Kier molecular flexibility index (Phi) is 11.0. The summed E-state index contributed by atoms with van der Waals surface area (Å²) >= 11 is 6.59. The Balaban J connectivity index is 1.53. The SMILES string of the molecule is C[C@H]1CC(F)(F)c2c1c(C(F)F)nn2CC(=O)N[C@@H](Cc1cc(F)cc(F)c1)c1nc(C#CC(C)(C)O)ccc1-c1ccc(Cl)c2c(NC(=O)CO)nn(C)c12. The summed E-state index contributed by atoms with van der Waals surface area (Å²) in [5.74, 6) is -2.73. The fourth-order valence-corrected chi connectivity index (χ4v) is 7.13. The molecule has 0 saturated heterocycles. The molecule has 0 bridgehead atoms. The van der Waals surface area contributed by atoms with Crippen LogP contribution in [0.25, 0.3) is 22.0 Å². The number of carbonyl (C=O) groups is 2. The third-order valence-electron chi connectivity index (χ3n) is 9.00. The number of aliphatic hydroxyl groups is 2. The van der Waals surface area contributed by atoms with Crippen LogP contribution >= 0.6 is 11.6 Å². The van der Waals surface area contributed by atoms with E-state index in [0.29, 0.717) is 21.8 Å². The zero-order chi connectivity index (χ0) is 40.9. The Morgan fingerprint density at radius 2 is 1.73 bits per heavy atom. The molecule has 1 aliphatic carbocycles. The van der Waals surface area contributed by atoms with Crippen molar-refractivity contribution in [2.75, 3.05) is 11.9 Å². The lowest BCUT2D eigenvalue weighted by atomic mass is 9.93. The molecular formula is C38H34ClF6N7O4. The van der Waals surface area contributed by atoms with Crippen LogP contribution in [0.2, 0.25) is 5.02 Å². The number of alkyl halides is 4. The number of carbonyl (C=O) groups excluding carboxylic acids is 2. The molecule has 0 saturated carbocycles. The van der Waals surface area contributed by atoms with Gasteiger partial charge < -0.3 is 20.8 Å². The summed E-state index contributed by atoms with van der Waals surface area (Å²) < 4.78 is 89.4. The highest BCUT2D eigenvalue weighted by Crippen LogP contribution is 2.51. The van der Waals surface area contributed by atoms with Gasteiger partial charge in [0, 0.05) is 36.2 Å². The lowest BCUT2D eigenvalue weighted by Crippen LogP contribution is -2.35. The average Bonchev–Trinajstić information content (AvgIpc) is 3.72. The number of aliphatic hydroxyl groups excluding tert-OH is 1. The first-order valence-corrected chi connectivity index (χ1v) is 17.5. The molecule has 0 fully saturated rings. The summed E-state index contributed by atoms with van der Waals surface area (Å²) in [7, 11) is 1.55. The quantitative estimate of drug-likeness (QED) is 0.0938. The van der Waals surface area contributed by atoms with Crippen molar-refractivity contribution in [3.05, 3.63) is 93.0 Å². The van der Waals surface area contributed by atoms with Gasteiger partial charge in [0.05, 0.1) is 27.7 Å². The minimum atomic E-state index is -3.56. The highest BCUT2D eigenvalue weighted by molar-refractivity contribution is 6.37. The number of pyridine rings is 1. The Morgan fingerprint density at radius 1 is 1.05 bits per heavy atom. The number of amides is 2. The third kappa shape index (κ3) is 8.23. The largest absolute Gasteiger partial charge is 0.387 e. The van der Waals surface area contributed by atoms with Gasteiger partial charge in [-0.2, -0.15) is 19.0 Å². The number of anilines is 1. The first-order chi connectivity index (χ1) is 26.3. The highest BCUT2D eigenvalue weighted by Gasteiger charge is 2.50. The molecule has 0 unspecified atom stereocenters. The molecule has 294 valence electrons. The van der Waals surface area contributed by atoms with Crippen molar-refractivity contribution in [2.45, 2.75) is 70.1 Å². The fraction of sp³-hybridized carbons (Fsp3) is 0.342. The number of nitrogens with one attached hydrogen (secondary N) is 2. The number of nitrogens with zero attached hydrogens (tertiary/aromatic N) is 5. The first kappa shape index (κ1) is 40.2. The molecule has 0 aliphatic heterocycles. The Bertz CT molecular complexity index is 2410. The van der Waals surface area contributed by atoms with Gasteiger partial charge in [-0.05, 0) is 68.0 Å². The molecule has 2 aromatic carbocycles. The van der Waals surface area contributed by atoms with E-state index >= 15 is 8.78 Å². The minimum Gasteiger partial charge on any atom is -0.387 e. The van der Waals surface area contributed by atoms with Crippen molar-refractivity contribution in [3.63, 3.8) is 0 Å². The van der Waals surface area contributed by atoms with Crippen molar-refractivity contribution in [3.8, 4) is 23.0 Å². The van der Waals surface area contributed by atoms with Crippen molar-refractivity contribution >= 4 is 40.1 Å². The molecule has 0 radical (unpaired) electrons. The number of hydrogen-bond donors (Lipinski definition) is 4. The van der Waals surface area contributed by atoms with E-state index in [9.17, 15) is 37.4 Å². The summed E-state index contributed by atoms with van der Waals surface area (Å²) in [6, 6.07) is 7.55. The molecule has 1 aliphatic rings. The van der Waals surface area contributed by atoms with Gasteiger partial charge in [0.15, 0.2) is 5.82 Å². The van der Waals surface area contributed by atoms with Crippen molar-refractivity contribution in [1.82, 2.24) is 29.9 Å². The topological polar surface area (TPSA) is 147 Å². The van der Waals surface area contributed by atoms with Gasteiger partial charge >= 0.3 is 0 Å². The van der Waals surface area contributed by atoms with E-state index in [2.05, 4.69) is 32.7 Å². The first-order valence-electron chi connectivity index (χ1n) is 17.1. The molecule has 3 heterocycles. The normalized spacial score (nSPS) is 15.4. The maximum Gasteiger partial charge on any atom is 0.290 e. The van der Waals surface area contributed by atoms with Gasteiger partial charge in [-0.15, -0.1) is 0 Å². The van der Waals surface area contributed by atoms with Gasteiger partial charge in [-0.1, -0.05) is 30.5 Å². The second-order valence-electron chi connectivity index (χ2n) is 14.0. The van der Waals surface area contributed by atoms with E-state index in [0.717, 1.165) is 12.1 Å². The molecule has 18 heteroatoms. The van der Waals surface area contributed by atoms with Gasteiger partial charge in [0.25, 0.3) is 18.3 Å². The van der Waals surface area contributed by atoms with Crippen LogP contribution < -0.4 is 10.6 Å². The van der Waals surface area contributed by atoms with Crippen LogP contribution in [0.15, 0.2) is 42.5 Å². The zero-order valence-corrected chi connectivity index (χ0v) is 31.0. The number of rotatable bonds is 10. The van der Waals surface area contributed by atoms with E-state index in [4.69, 9.17) is 16.6 Å². The van der Waals surface area contributed by atoms with E-state index in [1.807, 2.05) is 0 Å². The Morgan fingerprint density at radius 3 is 2.38 bits per heavy atom. The van der Waals surface area contributed by atoms with Gasteiger partial charge in [0.1, 0.15) is 47.5 Å². The zero-order valence-electron chi connectivity index (χ0n) is 30.2. The molecular weight excluding hydrogens is 768 g/mol. The van der Waals surface area contributed by atoms with Gasteiger partial charge in [-0.3, -0.25) is 19.0 Å². The minimum absolute atomic E-state index is 0.0108. The van der Waals surface area contributed by atoms with Crippen LogP contribution in [0.4, 0.5) is 32.2 Å². The molecule has 6 rings (SSSR count). The monoisotopic (exact) mass is 801 g/mol. The molecule has 2 amide bonds. The fourth-order valence-electron chi connectivity index (χ4n) is 6.89. The summed E-state index contributed by atoms with van der Waals surface area (Å²) in [5.41, 5.74) is -2.28. The van der Waals surface area contributed by atoms with Gasteiger partial charge in [-0.25, -0.2) is 22.5 Å². The molecule has 0 spiro atoms. The number of aryl methyl sites for hydroxylation is 1. The maximum absolute atomic E-state index is 15.2. The second-order valence-corrected chi connectivity index (χ2v) is 14.4.